The quantitative estimate of drug-likeness (QED) is 0.358. The Bertz CT molecular complexity index is 525. The summed E-state index contributed by atoms with van der Waals surface area (Å²) in [6, 6.07) is 0. The number of rotatable bonds is 12. The smallest absolute Gasteiger partial charge is 0.284 e. The summed E-state index contributed by atoms with van der Waals surface area (Å²) in [7, 11) is 10.5. The van der Waals surface area contributed by atoms with E-state index in [0.29, 0.717) is 6.42 Å². The molecule has 1 heterocycles. The topological polar surface area (TPSA) is 121 Å². The van der Waals surface area contributed by atoms with Crippen LogP contribution in [0.1, 0.15) is 19.8 Å². The molecule has 0 spiro atoms. The first-order valence-corrected chi connectivity index (χ1v) is 8.12. The van der Waals surface area contributed by atoms with E-state index in [1.54, 1.807) is 26.2 Å². The summed E-state index contributed by atoms with van der Waals surface area (Å²) in [5.74, 6) is -0.710. The number of hydrogen-bond donors (Lipinski definition) is 0. The summed E-state index contributed by atoms with van der Waals surface area (Å²) < 4.78 is 11.2. The second-order valence-electron chi connectivity index (χ2n) is 4.91. The van der Waals surface area contributed by atoms with Crippen LogP contribution in [-0.4, -0.2) is 77.4 Å². The maximum absolute atomic E-state index is 8.00. The second kappa shape index (κ2) is 13.1. The van der Waals surface area contributed by atoms with Gasteiger partial charge in [0, 0.05) is 27.7 Å². The molecule has 0 aromatic carbocycles. The number of hydrogen-bond acceptors (Lipinski definition) is 13. The van der Waals surface area contributed by atoms with Crippen molar-refractivity contribution in [2.45, 2.75) is 25.7 Å². The minimum atomic E-state index is -1.07. The summed E-state index contributed by atoms with van der Waals surface area (Å²) in [6.07, 6.45) is 1.38. The van der Waals surface area contributed by atoms with E-state index in [1.807, 2.05) is 13.7 Å². The van der Waals surface area contributed by atoms with E-state index in [2.05, 4.69) is 15.0 Å². The zero-order valence-electron chi connectivity index (χ0n) is 17.7. The lowest BCUT2D eigenvalue weighted by Crippen LogP contribution is -2.51. The van der Waals surface area contributed by atoms with Gasteiger partial charge in [0.2, 0.25) is 5.95 Å². The fourth-order valence-corrected chi connectivity index (χ4v) is 2.33. The Kier molecular flexibility index (Phi) is 12.1. The van der Waals surface area contributed by atoms with Crippen molar-refractivity contribution in [3.05, 3.63) is 0 Å². The molecule has 1 aromatic heterocycles. The molecule has 0 unspecified atom stereocenters. The van der Waals surface area contributed by atoms with E-state index in [9.17, 15) is 0 Å². The molecular weight excluding hydrogens is 376 g/mol. The van der Waals surface area contributed by atoms with Gasteiger partial charge in [-0.3, -0.25) is 4.90 Å². The average molecular weight is 406 g/mol. The Hall–Kier alpha value is -2.16. The third kappa shape index (κ3) is 5.92. The van der Waals surface area contributed by atoms with Crippen molar-refractivity contribution >= 4 is 24.6 Å². The molecule has 0 radical (unpaired) electrons. The molecule has 0 aliphatic rings. The van der Waals surface area contributed by atoms with Gasteiger partial charge in [-0.2, -0.15) is 15.0 Å². The molecule has 0 N–H and O–H groups in total. The van der Waals surface area contributed by atoms with E-state index in [0.717, 1.165) is 16.9 Å². The Morgan fingerprint density at radius 1 is 0.786 bits per heavy atom. The molecule has 28 heavy (non-hydrogen) atoms. The van der Waals surface area contributed by atoms with Gasteiger partial charge in [-0.05, 0) is 6.42 Å². The Labute approximate surface area is 164 Å². The highest BCUT2D eigenvalue weighted by Crippen LogP contribution is 2.28. The third-order valence-electron chi connectivity index (χ3n) is 3.60. The van der Waals surface area contributed by atoms with Gasteiger partial charge in [-0.15, -0.1) is 0 Å². The highest BCUT2D eigenvalue weighted by molar-refractivity contribution is 5.43. The zero-order chi connectivity index (χ0) is 21.7. The first-order valence-electron chi connectivity index (χ1n) is 8.12. The first-order chi connectivity index (χ1) is 13.5. The summed E-state index contributed by atoms with van der Waals surface area (Å²) in [4.78, 5) is 42.9. The molecule has 1 rings (SSSR count). The predicted molar refractivity (Wildman–Crippen MR) is 100 cm³/mol. The summed E-state index contributed by atoms with van der Waals surface area (Å²) in [6.45, 7) is 4.01. The number of carbonyl (C=O) groups is 1. The molecule has 1 aromatic rings. The van der Waals surface area contributed by atoms with E-state index >= 15 is 0 Å². The summed E-state index contributed by atoms with van der Waals surface area (Å²) in [5, 5.41) is 2.01. The van der Waals surface area contributed by atoms with Crippen molar-refractivity contribution in [3.8, 4) is 0 Å². The number of carbonyl (C=O) groups excluding carboxylic acids is 1. The lowest BCUT2D eigenvalue weighted by Gasteiger charge is -2.38. The van der Waals surface area contributed by atoms with Crippen molar-refractivity contribution in [1.29, 1.82) is 0 Å². The summed E-state index contributed by atoms with van der Waals surface area (Å²) in [5.41, 5.74) is 0. The molecule has 162 valence electrons. The molecule has 13 heteroatoms. The van der Waals surface area contributed by atoms with Crippen molar-refractivity contribution in [2.24, 2.45) is 0 Å². The van der Waals surface area contributed by atoms with E-state index < -0.39 is 5.91 Å². The minimum Gasteiger partial charge on any atom is -0.336 e. The summed E-state index contributed by atoms with van der Waals surface area (Å²) >= 11 is 0. The average Bonchev–Trinajstić information content (AvgIpc) is 2.75. The number of anilines is 3. The third-order valence-corrected chi connectivity index (χ3v) is 3.60. The molecular formula is C15H30N6O7. The van der Waals surface area contributed by atoms with Gasteiger partial charge in [0.05, 0.1) is 28.4 Å². The highest BCUT2D eigenvalue weighted by atomic mass is 16.9. The van der Waals surface area contributed by atoms with E-state index in [4.69, 9.17) is 33.6 Å². The van der Waals surface area contributed by atoms with Crippen LogP contribution in [0.15, 0.2) is 0 Å². The minimum absolute atomic E-state index is 0.0681. The van der Waals surface area contributed by atoms with Gasteiger partial charge in [0.25, 0.3) is 17.8 Å². The lowest BCUT2D eigenvalue weighted by molar-refractivity contribution is -0.208. The van der Waals surface area contributed by atoms with Crippen molar-refractivity contribution in [1.82, 2.24) is 15.0 Å². The highest BCUT2D eigenvalue weighted by Gasteiger charge is 2.37. The largest absolute Gasteiger partial charge is 0.336 e. The van der Waals surface area contributed by atoms with Crippen LogP contribution in [0.2, 0.25) is 0 Å². The van der Waals surface area contributed by atoms with E-state index in [-0.39, 0.29) is 17.8 Å². The van der Waals surface area contributed by atoms with Gasteiger partial charge in [-0.1, -0.05) is 17.4 Å². The molecule has 0 saturated carbocycles. The molecule has 0 amide bonds. The fourth-order valence-electron chi connectivity index (χ4n) is 2.33. The van der Waals surface area contributed by atoms with Crippen LogP contribution < -0.4 is 15.4 Å². The lowest BCUT2D eigenvalue weighted by atomic mass is 10.2. The monoisotopic (exact) mass is 406 g/mol. The number of ether oxygens (including phenoxy) is 2. The number of methoxy groups -OCH3 is 2. The van der Waals surface area contributed by atoms with Gasteiger partial charge in [0.15, 0.2) is 0 Å². The first kappa shape index (κ1) is 25.8. The van der Waals surface area contributed by atoms with E-state index in [1.165, 1.54) is 28.4 Å². The maximum atomic E-state index is 8.00. The van der Waals surface area contributed by atoms with Gasteiger partial charge in [0.1, 0.15) is 6.79 Å². The normalized spacial score (nSPS) is 10.9. The molecule has 0 saturated heterocycles. The van der Waals surface area contributed by atoms with Gasteiger partial charge in [-0.25, -0.2) is 19.4 Å². The molecule has 0 bridgehead atoms. The van der Waals surface area contributed by atoms with Gasteiger partial charge >= 0.3 is 0 Å². The predicted octanol–water partition coefficient (Wildman–Crippen LogP) is 0.728. The molecule has 0 aliphatic heterocycles. The van der Waals surface area contributed by atoms with Crippen LogP contribution in [0.3, 0.4) is 0 Å². The number of aromatic nitrogens is 3. The van der Waals surface area contributed by atoms with Crippen molar-refractivity contribution < 1.29 is 33.6 Å². The fraction of sp³-hybridized carbons (Fsp3) is 0.733. The SMILES string of the molecule is C=O.CCCC(OC)(OC)N(C)c1nc(N(OC)OC)nc(N(OC)OC)n1. The van der Waals surface area contributed by atoms with Crippen LogP contribution in [-0.2, 0) is 33.6 Å². The Morgan fingerprint density at radius 3 is 1.43 bits per heavy atom. The van der Waals surface area contributed by atoms with Crippen molar-refractivity contribution in [2.75, 3.05) is 65.1 Å². The van der Waals surface area contributed by atoms with Crippen molar-refractivity contribution in [3.63, 3.8) is 0 Å². The second-order valence-corrected chi connectivity index (χ2v) is 4.91. The van der Waals surface area contributed by atoms with Crippen LogP contribution in [0.5, 0.6) is 0 Å². The van der Waals surface area contributed by atoms with Crippen LogP contribution >= 0.6 is 0 Å². The van der Waals surface area contributed by atoms with Gasteiger partial charge < -0.3 is 14.3 Å². The standard InChI is InChI=1S/C14H28N6O6.CH2O/c1-9-10-14(21-3,22-4)18(2)11-15-12(19(23-5)24-6)17-13(16-11)20(25-7)26-8;1-2/h9-10H2,1-8H3;1H2. The molecule has 0 aliphatic carbocycles. The van der Waals surface area contributed by atoms with Crippen LogP contribution in [0.4, 0.5) is 17.8 Å². The molecule has 0 atom stereocenters. The Balaban J connectivity index is 0.00000352. The Morgan fingerprint density at radius 2 is 1.14 bits per heavy atom. The molecule has 0 fully saturated rings. The maximum Gasteiger partial charge on any atom is 0.284 e. The van der Waals surface area contributed by atoms with Crippen LogP contribution in [0, 0.1) is 0 Å². The molecule has 13 nitrogen and oxygen atoms in total. The zero-order valence-corrected chi connectivity index (χ0v) is 17.7. The van der Waals surface area contributed by atoms with Crippen LogP contribution in [0.25, 0.3) is 0 Å². The number of nitrogens with zero attached hydrogens (tertiary/aromatic N) is 6.